The van der Waals surface area contributed by atoms with E-state index < -0.39 is 0 Å². The van der Waals surface area contributed by atoms with Crippen LogP contribution in [0.4, 0.5) is 4.39 Å². The summed E-state index contributed by atoms with van der Waals surface area (Å²) in [5, 5.41) is 10.7. The molecule has 5 rings (SSSR count). The van der Waals surface area contributed by atoms with Crippen molar-refractivity contribution in [2.45, 2.75) is 13.0 Å². The zero-order valence-electron chi connectivity index (χ0n) is 19.0. The minimum absolute atomic E-state index is 0.190. The van der Waals surface area contributed by atoms with Gasteiger partial charge in [-0.05, 0) is 66.1 Å². The molecule has 2 aliphatic rings. The Kier molecular flexibility index (Phi) is 6.48. The number of benzene rings is 3. The fraction of sp³-hybridized carbons (Fsp3) is 0.286. The van der Waals surface area contributed by atoms with Gasteiger partial charge in [-0.25, -0.2) is 0 Å². The first kappa shape index (κ1) is 22.8. The molecule has 1 saturated heterocycles. The van der Waals surface area contributed by atoms with Crippen LogP contribution in [0.3, 0.4) is 0 Å². The highest BCUT2D eigenvalue weighted by molar-refractivity contribution is 6.30. The Morgan fingerprint density at radius 1 is 1.06 bits per heavy atom. The van der Waals surface area contributed by atoms with Gasteiger partial charge in [0.05, 0.1) is 6.67 Å². The van der Waals surface area contributed by atoms with Crippen molar-refractivity contribution < 1.29 is 19.0 Å². The molecule has 0 radical (unpaired) electrons. The lowest BCUT2D eigenvalue weighted by atomic mass is 9.86. The molecule has 4 nitrogen and oxygen atoms in total. The van der Waals surface area contributed by atoms with Crippen LogP contribution in [0.25, 0.3) is 11.1 Å². The molecule has 0 aromatic heterocycles. The van der Waals surface area contributed by atoms with Crippen LogP contribution in [-0.4, -0.2) is 42.9 Å². The van der Waals surface area contributed by atoms with Crippen LogP contribution in [0.5, 0.6) is 17.2 Å². The Balaban J connectivity index is 1.37. The van der Waals surface area contributed by atoms with Crippen molar-refractivity contribution in [1.29, 1.82) is 0 Å². The van der Waals surface area contributed by atoms with E-state index in [1.54, 1.807) is 18.2 Å². The average Bonchev–Trinajstić information content (AvgIpc) is 2.82. The maximum Gasteiger partial charge on any atom is 0.150 e. The highest BCUT2D eigenvalue weighted by Gasteiger charge is 2.30. The number of ether oxygens (including phenoxy) is 2. The number of phenolic OH excluding ortho intramolecular Hbond substituents is 1. The number of fused-ring (bicyclic) bond motifs is 1. The van der Waals surface area contributed by atoms with E-state index in [2.05, 4.69) is 11.8 Å². The largest absolute Gasteiger partial charge is 0.508 e. The molecule has 6 heteroatoms. The number of halogens is 2. The predicted octanol–water partition coefficient (Wildman–Crippen LogP) is 6.39. The van der Waals surface area contributed by atoms with E-state index in [4.69, 9.17) is 21.1 Å². The second-order valence-corrected chi connectivity index (χ2v) is 9.36. The molecule has 3 aromatic carbocycles. The molecule has 0 spiro atoms. The molecule has 176 valence electrons. The number of alkyl halides is 1. The number of phenols is 1. The van der Waals surface area contributed by atoms with Gasteiger partial charge in [-0.1, -0.05) is 35.9 Å². The lowest BCUT2D eigenvalue weighted by molar-refractivity contribution is 0.0668. The molecular formula is C28H27ClFNO3. The van der Waals surface area contributed by atoms with Gasteiger partial charge in [0.1, 0.15) is 30.0 Å². The maximum atomic E-state index is 12.6. The molecule has 2 aliphatic heterocycles. The Hall–Kier alpha value is -3.02. The van der Waals surface area contributed by atoms with Gasteiger partial charge >= 0.3 is 0 Å². The molecule has 0 amide bonds. The fourth-order valence-corrected chi connectivity index (χ4v) is 4.79. The summed E-state index contributed by atoms with van der Waals surface area (Å²) in [5.41, 5.74) is 4.97. The summed E-state index contributed by atoms with van der Waals surface area (Å²) in [7, 11) is 0. The van der Waals surface area contributed by atoms with Gasteiger partial charge in [0.2, 0.25) is 0 Å². The Bertz CT molecular complexity index is 1190. The Morgan fingerprint density at radius 3 is 2.50 bits per heavy atom. The molecule has 0 saturated carbocycles. The smallest absolute Gasteiger partial charge is 0.150 e. The molecule has 1 atom stereocenters. The van der Waals surface area contributed by atoms with E-state index in [-0.39, 0.29) is 24.4 Å². The highest BCUT2D eigenvalue weighted by Crippen LogP contribution is 2.47. The second kappa shape index (κ2) is 9.69. The van der Waals surface area contributed by atoms with Gasteiger partial charge in [-0.15, -0.1) is 0 Å². The third-order valence-corrected chi connectivity index (χ3v) is 6.80. The van der Waals surface area contributed by atoms with Gasteiger partial charge in [-0.3, -0.25) is 9.29 Å². The summed E-state index contributed by atoms with van der Waals surface area (Å²) in [6, 6.07) is 20.9. The van der Waals surface area contributed by atoms with Crippen molar-refractivity contribution >= 4 is 22.7 Å². The average molecular weight is 480 g/mol. The minimum Gasteiger partial charge on any atom is -0.508 e. The van der Waals surface area contributed by atoms with Gasteiger partial charge in [0, 0.05) is 41.7 Å². The normalized spacial score (nSPS) is 18.3. The number of allylic oxidation sites excluding steroid dienone is 1. The summed E-state index contributed by atoms with van der Waals surface area (Å²) in [5.74, 6) is 1.92. The molecule has 34 heavy (non-hydrogen) atoms. The number of hydrogen-bond donors (Lipinski definition) is 1. The van der Waals surface area contributed by atoms with Gasteiger partial charge in [-0.2, -0.15) is 0 Å². The highest BCUT2D eigenvalue weighted by atomic mass is 35.5. The van der Waals surface area contributed by atoms with Crippen LogP contribution in [0, 0.1) is 5.92 Å². The van der Waals surface area contributed by atoms with Crippen LogP contribution >= 0.6 is 11.6 Å². The fourth-order valence-electron chi connectivity index (χ4n) is 4.66. The third-order valence-electron chi connectivity index (χ3n) is 6.54. The van der Waals surface area contributed by atoms with Crippen LogP contribution in [0.2, 0.25) is 5.02 Å². The monoisotopic (exact) mass is 479 g/mol. The molecule has 0 aliphatic carbocycles. The number of rotatable bonds is 7. The number of hydrogen-bond acceptors (Lipinski definition) is 4. The molecule has 2 heterocycles. The summed E-state index contributed by atoms with van der Waals surface area (Å²) in [6.45, 7) is 4.82. The van der Waals surface area contributed by atoms with E-state index in [9.17, 15) is 9.50 Å². The molecule has 1 unspecified atom stereocenters. The molecular weight excluding hydrogens is 453 g/mol. The SMILES string of the molecule is CC1=C(c2ccc(Cl)cc2)C(c2ccc(OCCN3CC(CF)C3)cc2)Oc2ccc(O)cc21. The van der Waals surface area contributed by atoms with Crippen molar-refractivity contribution in [3.05, 3.63) is 88.4 Å². The van der Waals surface area contributed by atoms with Gasteiger partial charge in [0.15, 0.2) is 0 Å². The van der Waals surface area contributed by atoms with Crippen molar-refractivity contribution in [3.63, 3.8) is 0 Å². The summed E-state index contributed by atoms with van der Waals surface area (Å²) < 4.78 is 24.9. The predicted molar refractivity (Wildman–Crippen MR) is 133 cm³/mol. The van der Waals surface area contributed by atoms with Crippen molar-refractivity contribution in [3.8, 4) is 17.2 Å². The molecule has 1 fully saturated rings. The van der Waals surface area contributed by atoms with Crippen molar-refractivity contribution in [2.24, 2.45) is 5.92 Å². The summed E-state index contributed by atoms with van der Waals surface area (Å²) in [4.78, 5) is 2.20. The number of likely N-dealkylation sites (tertiary alicyclic amines) is 1. The van der Waals surface area contributed by atoms with Crippen LogP contribution < -0.4 is 9.47 Å². The number of nitrogens with zero attached hydrogens (tertiary/aromatic N) is 1. The lowest BCUT2D eigenvalue weighted by Gasteiger charge is -2.37. The van der Waals surface area contributed by atoms with E-state index in [1.165, 1.54) is 0 Å². The van der Waals surface area contributed by atoms with Crippen molar-refractivity contribution in [1.82, 2.24) is 4.90 Å². The van der Waals surface area contributed by atoms with E-state index in [0.717, 1.165) is 59.0 Å². The first-order valence-corrected chi connectivity index (χ1v) is 11.9. The second-order valence-electron chi connectivity index (χ2n) is 8.92. The summed E-state index contributed by atoms with van der Waals surface area (Å²) in [6.07, 6.45) is -0.314. The van der Waals surface area contributed by atoms with Gasteiger partial charge < -0.3 is 14.6 Å². The van der Waals surface area contributed by atoms with Gasteiger partial charge in [0.25, 0.3) is 0 Å². The standard InChI is InChI=1S/C28H27ClFNO3/c1-18-25-14-23(32)8-11-26(25)34-28(27(18)20-2-6-22(29)7-3-20)21-4-9-24(10-5-21)33-13-12-31-16-19(15-30)17-31/h2-11,14,19,28,32H,12-13,15-17H2,1H3. The van der Waals surface area contributed by atoms with E-state index in [1.807, 2.05) is 48.5 Å². The quantitative estimate of drug-likeness (QED) is 0.426. The number of aromatic hydroxyl groups is 1. The lowest BCUT2D eigenvalue weighted by Crippen LogP contribution is -2.49. The molecule has 3 aromatic rings. The first-order chi connectivity index (χ1) is 16.5. The van der Waals surface area contributed by atoms with E-state index >= 15 is 0 Å². The maximum absolute atomic E-state index is 12.6. The molecule has 1 N–H and O–H groups in total. The van der Waals surface area contributed by atoms with Crippen LogP contribution in [-0.2, 0) is 0 Å². The zero-order chi connectivity index (χ0) is 23.7. The van der Waals surface area contributed by atoms with Crippen LogP contribution in [0.1, 0.15) is 29.7 Å². The zero-order valence-corrected chi connectivity index (χ0v) is 19.8. The Labute approximate surface area is 204 Å². The minimum atomic E-state index is -0.314. The summed E-state index contributed by atoms with van der Waals surface area (Å²) >= 11 is 6.13. The van der Waals surface area contributed by atoms with E-state index in [0.29, 0.717) is 11.6 Å². The van der Waals surface area contributed by atoms with Crippen molar-refractivity contribution in [2.75, 3.05) is 32.9 Å². The Morgan fingerprint density at radius 2 is 1.79 bits per heavy atom. The first-order valence-electron chi connectivity index (χ1n) is 11.5. The topological polar surface area (TPSA) is 41.9 Å². The van der Waals surface area contributed by atoms with Crippen LogP contribution in [0.15, 0.2) is 66.7 Å². The third kappa shape index (κ3) is 4.63. The molecule has 0 bridgehead atoms.